The Labute approximate surface area is 149 Å². The molecule has 1 aromatic heterocycles. The Morgan fingerprint density at radius 2 is 2.20 bits per heavy atom. The molecule has 2 fully saturated rings. The van der Waals surface area contributed by atoms with Gasteiger partial charge in [-0.3, -0.25) is 9.59 Å². The number of amides is 2. The number of aryl methyl sites for hydroxylation is 1. The molecule has 6 nitrogen and oxygen atoms in total. The third-order valence-corrected chi connectivity index (χ3v) is 6.03. The number of methoxy groups -OCH3 is 1. The molecular weight excluding hydrogens is 338 g/mol. The van der Waals surface area contributed by atoms with Gasteiger partial charge in [0.2, 0.25) is 5.91 Å². The predicted molar refractivity (Wildman–Crippen MR) is 94.5 cm³/mol. The van der Waals surface area contributed by atoms with Crippen molar-refractivity contribution in [2.45, 2.75) is 19.4 Å². The van der Waals surface area contributed by atoms with Gasteiger partial charge >= 0.3 is 0 Å². The smallest absolute Gasteiger partial charge is 0.274 e. The van der Waals surface area contributed by atoms with Crippen LogP contribution in [0.25, 0.3) is 10.4 Å². The second kappa shape index (κ2) is 5.84. The zero-order valence-corrected chi connectivity index (χ0v) is 14.9. The third-order valence-electron chi connectivity index (χ3n) is 4.97. The molecule has 0 radical (unpaired) electrons. The van der Waals surface area contributed by atoms with E-state index >= 15 is 0 Å². The van der Waals surface area contributed by atoms with Gasteiger partial charge in [0, 0.05) is 6.54 Å². The van der Waals surface area contributed by atoms with E-state index in [9.17, 15) is 9.59 Å². The highest BCUT2D eigenvalue weighted by Crippen LogP contribution is 2.50. The molecule has 130 valence electrons. The lowest BCUT2D eigenvalue weighted by Crippen LogP contribution is -2.46. The third kappa shape index (κ3) is 2.68. The minimum absolute atomic E-state index is 0.212. The van der Waals surface area contributed by atoms with Gasteiger partial charge in [-0.2, -0.15) is 4.98 Å². The first-order valence-electron chi connectivity index (χ1n) is 8.21. The minimum atomic E-state index is -0.518. The summed E-state index contributed by atoms with van der Waals surface area (Å²) in [6.07, 6.45) is 0.975. The van der Waals surface area contributed by atoms with Gasteiger partial charge in [-0.15, -0.1) is 0 Å². The van der Waals surface area contributed by atoms with Gasteiger partial charge < -0.3 is 15.4 Å². The van der Waals surface area contributed by atoms with Crippen LogP contribution in [0.2, 0.25) is 0 Å². The number of nitrogens with two attached hydrogens (primary N) is 1. The normalized spacial score (nSPS) is 24.1. The van der Waals surface area contributed by atoms with Crippen molar-refractivity contribution in [3.63, 3.8) is 0 Å². The Kier molecular flexibility index (Phi) is 3.76. The highest BCUT2D eigenvalue weighted by atomic mass is 32.1. The van der Waals surface area contributed by atoms with Crippen molar-refractivity contribution in [3.05, 3.63) is 35.5 Å². The van der Waals surface area contributed by atoms with Crippen molar-refractivity contribution in [1.29, 1.82) is 0 Å². The molecule has 2 amide bonds. The molecule has 1 saturated heterocycles. The fourth-order valence-corrected chi connectivity index (χ4v) is 4.56. The highest BCUT2D eigenvalue weighted by Gasteiger charge is 2.56. The number of primary amides is 1. The van der Waals surface area contributed by atoms with Crippen molar-refractivity contribution in [2.75, 3.05) is 13.7 Å². The molecule has 2 aromatic rings. The van der Waals surface area contributed by atoms with Crippen LogP contribution < -0.4 is 10.5 Å². The number of likely N-dealkylation sites (tertiary alicyclic amines) is 1. The molecule has 2 aliphatic rings. The number of hydrogen-bond donors (Lipinski definition) is 1. The van der Waals surface area contributed by atoms with Crippen LogP contribution in [0.3, 0.4) is 0 Å². The summed E-state index contributed by atoms with van der Waals surface area (Å²) in [5.41, 5.74) is 7.90. The maximum atomic E-state index is 13.1. The van der Waals surface area contributed by atoms with Crippen LogP contribution in [0.4, 0.5) is 0 Å². The lowest BCUT2D eigenvalue weighted by atomic mass is 10.1. The molecule has 1 aliphatic carbocycles. The van der Waals surface area contributed by atoms with Gasteiger partial charge in [-0.25, -0.2) is 0 Å². The number of carbonyl (C=O) groups excluding carboxylic acids is 2. The number of ether oxygens (including phenoxy) is 1. The first-order chi connectivity index (χ1) is 12.0. The van der Waals surface area contributed by atoms with Crippen LogP contribution in [0.5, 0.6) is 5.19 Å². The zero-order chi connectivity index (χ0) is 17.7. The van der Waals surface area contributed by atoms with Crippen molar-refractivity contribution in [3.8, 4) is 15.6 Å². The standard InChI is InChI=1S/C18H19N3O3S/c1-9-4-3-5-10(6-9)15-13(20-18(24-2)25-15)17(23)21-8-11-7-12(11)14(21)16(19)22/h3-6,11-12,14H,7-8H2,1-2H3,(H2,19,22)/t11-,12-,14-/m0/s1. The van der Waals surface area contributed by atoms with Gasteiger partial charge in [-0.05, 0) is 30.7 Å². The van der Waals surface area contributed by atoms with E-state index in [1.165, 1.54) is 18.4 Å². The first-order valence-corrected chi connectivity index (χ1v) is 9.03. The van der Waals surface area contributed by atoms with E-state index < -0.39 is 11.9 Å². The maximum Gasteiger partial charge on any atom is 0.274 e. The molecule has 25 heavy (non-hydrogen) atoms. The van der Waals surface area contributed by atoms with Crippen LogP contribution in [0.1, 0.15) is 22.5 Å². The van der Waals surface area contributed by atoms with Crippen molar-refractivity contribution < 1.29 is 14.3 Å². The summed E-state index contributed by atoms with van der Waals surface area (Å²) >= 11 is 1.33. The summed E-state index contributed by atoms with van der Waals surface area (Å²) in [6.45, 7) is 2.57. The number of carbonyl (C=O) groups is 2. The predicted octanol–water partition coefficient (Wildman–Crippen LogP) is 2.07. The lowest BCUT2D eigenvalue weighted by Gasteiger charge is -2.24. The Morgan fingerprint density at radius 3 is 2.88 bits per heavy atom. The molecule has 0 spiro atoms. The minimum Gasteiger partial charge on any atom is -0.473 e. The van der Waals surface area contributed by atoms with E-state index in [1.807, 2.05) is 31.2 Å². The Hall–Kier alpha value is -2.41. The summed E-state index contributed by atoms with van der Waals surface area (Å²) in [6, 6.07) is 7.39. The molecule has 3 atom stereocenters. The van der Waals surface area contributed by atoms with Gasteiger partial charge in [-0.1, -0.05) is 41.2 Å². The first kappa shape index (κ1) is 16.1. The van der Waals surface area contributed by atoms with Crippen LogP contribution in [0, 0.1) is 18.8 Å². The summed E-state index contributed by atoms with van der Waals surface area (Å²) in [7, 11) is 1.53. The largest absolute Gasteiger partial charge is 0.473 e. The summed E-state index contributed by atoms with van der Waals surface area (Å²) in [4.78, 5) is 31.7. The van der Waals surface area contributed by atoms with E-state index in [4.69, 9.17) is 10.5 Å². The SMILES string of the molecule is COc1nc(C(=O)N2C[C@@H]3C[C@@H]3[C@H]2C(N)=O)c(-c2cccc(C)c2)s1. The highest BCUT2D eigenvalue weighted by molar-refractivity contribution is 7.17. The molecule has 1 aromatic carbocycles. The quantitative estimate of drug-likeness (QED) is 0.908. The van der Waals surface area contributed by atoms with Crippen LogP contribution >= 0.6 is 11.3 Å². The average Bonchev–Trinajstić information content (AvgIpc) is 3.06. The second-order valence-corrected chi connectivity index (χ2v) is 7.66. The van der Waals surface area contributed by atoms with Crippen molar-refractivity contribution >= 4 is 23.2 Å². The van der Waals surface area contributed by atoms with E-state index in [0.29, 0.717) is 23.4 Å². The number of hydrogen-bond acceptors (Lipinski definition) is 5. The number of piperidine rings is 1. The van der Waals surface area contributed by atoms with E-state index in [0.717, 1.165) is 22.4 Å². The molecule has 2 heterocycles. The lowest BCUT2D eigenvalue weighted by molar-refractivity contribution is -0.122. The molecule has 1 saturated carbocycles. The number of rotatable bonds is 4. The van der Waals surface area contributed by atoms with Crippen molar-refractivity contribution in [2.24, 2.45) is 17.6 Å². The molecule has 0 unspecified atom stereocenters. The van der Waals surface area contributed by atoms with Gasteiger partial charge in [0.15, 0.2) is 5.69 Å². The Morgan fingerprint density at radius 1 is 1.40 bits per heavy atom. The molecule has 4 rings (SSSR count). The average molecular weight is 357 g/mol. The fourth-order valence-electron chi connectivity index (χ4n) is 3.69. The van der Waals surface area contributed by atoms with Gasteiger partial charge in [0.05, 0.1) is 12.0 Å². The zero-order valence-electron chi connectivity index (χ0n) is 14.1. The molecule has 0 bridgehead atoms. The molecular formula is C18H19N3O3S. The maximum absolute atomic E-state index is 13.1. The summed E-state index contributed by atoms with van der Waals surface area (Å²) < 4.78 is 5.25. The molecule has 2 N–H and O–H groups in total. The van der Waals surface area contributed by atoms with Crippen molar-refractivity contribution in [1.82, 2.24) is 9.88 Å². The Balaban J connectivity index is 1.73. The van der Waals surface area contributed by atoms with E-state index in [-0.39, 0.29) is 11.8 Å². The number of nitrogens with zero attached hydrogens (tertiary/aromatic N) is 2. The van der Waals surface area contributed by atoms with E-state index in [1.54, 1.807) is 4.90 Å². The summed E-state index contributed by atoms with van der Waals surface area (Å²) in [5, 5.41) is 0.430. The molecule has 7 heteroatoms. The summed E-state index contributed by atoms with van der Waals surface area (Å²) in [5.74, 6) is -0.0708. The topological polar surface area (TPSA) is 85.5 Å². The second-order valence-electron chi connectivity index (χ2n) is 6.70. The fraction of sp³-hybridized carbons (Fsp3) is 0.389. The van der Waals surface area contributed by atoms with Gasteiger partial charge in [0.25, 0.3) is 11.1 Å². The number of aromatic nitrogens is 1. The Bertz CT molecular complexity index is 863. The van der Waals surface area contributed by atoms with Crippen LogP contribution in [-0.4, -0.2) is 41.4 Å². The van der Waals surface area contributed by atoms with Crippen LogP contribution in [0.15, 0.2) is 24.3 Å². The van der Waals surface area contributed by atoms with Gasteiger partial charge in [0.1, 0.15) is 6.04 Å². The monoisotopic (exact) mass is 357 g/mol. The van der Waals surface area contributed by atoms with E-state index in [2.05, 4.69) is 4.98 Å². The van der Waals surface area contributed by atoms with Crippen LogP contribution in [-0.2, 0) is 4.79 Å². The molecule has 1 aliphatic heterocycles. The number of benzene rings is 1. The number of fused-ring (bicyclic) bond motifs is 1. The number of thiazole rings is 1.